The lowest BCUT2D eigenvalue weighted by molar-refractivity contribution is 0.0987. The summed E-state index contributed by atoms with van der Waals surface area (Å²) in [6, 6.07) is 9.68. The number of amides is 1. The maximum absolute atomic E-state index is 12.7. The molecule has 3 rings (SSSR count). The number of carbonyl (C=O) groups is 1. The van der Waals surface area contributed by atoms with Gasteiger partial charge in [-0.3, -0.25) is 4.79 Å². The molecule has 1 aliphatic rings. The molecule has 1 amide bonds. The topological polar surface area (TPSA) is 49.3 Å². The van der Waals surface area contributed by atoms with Gasteiger partial charge in [-0.25, -0.2) is 9.97 Å². The van der Waals surface area contributed by atoms with Crippen molar-refractivity contribution in [1.29, 1.82) is 0 Å². The van der Waals surface area contributed by atoms with Crippen molar-refractivity contribution in [3.8, 4) is 0 Å². The van der Waals surface area contributed by atoms with Crippen molar-refractivity contribution < 1.29 is 4.79 Å². The predicted octanol–water partition coefficient (Wildman–Crippen LogP) is 3.13. The molecule has 1 aromatic heterocycles. The Morgan fingerprint density at radius 2 is 1.74 bits per heavy atom. The quantitative estimate of drug-likeness (QED) is 0.870. The van der Waals surface area contributed by atoms with Gasteiger partial charge >= 0.3 is 0 Å². The van der Waals surface area contributed by atoms with E-state index >= 15 is 0 Å². The first kappa shape index (κ1) is 15.5. The minimum atomic E-state index is -0.0658. The minimum absolute atomic E-state index is 0.0658. The van der Waals surface area contributed by atoms with Crippen LogP contribution < -0.4 is 9.80 Å². The number of anilines is 2. The Labute approximate surface area is 137 Å². The number of hydrogen-bond donors (Lipinski definition) is 0. The average Bonchev–Trinajstić information content (AvgIpc) is 2.64. The average molecular weight is 310 g/mol. The van der Waals surface area contributed by atoms with Gasteiger partial charge in [0.1, 0.15) is 0 Å². The van der Waals surface area contributed by atoms with Gasteiger partial charge in [0.25, 0.3) is 5.91 Å². The van der Waals surface area contributed by atoms with E-state index in [1.54, 1.807) is 17.3 Å². The van der Waals surface area contributed by atoms with E-state index < -0.39 is 0 Å². The number of nitrogens with zero attached hydrogens (tertiary/aromatic N) is 4. The minimum Gasteiger partial charge on any atom is -0.341 e. The second-order valence-corrected chi connectivity index (χ2v) is 5.70. The molecular formula is C18H22N4O. The zero-order valence-electron chi connectivity index (χ0n) is 13.5. The van der Waals surface area contributed by atoms with Crippen molar-refractivity contribution in [2.24, 2.45) is 0 Å². The lowest BCUT2D eigenvalue weighted by atomic mass is 10.1. The molecule has 5 nitrogen and oxygen atoms in total. The SMILES string of the molecule is CCN(C(=O)c1cnc(N2CCCCC2)nc1)c1ccccc1. The van der Waals surface area contributed by atoms with Crippen molar-refractivity contribution in [2.45, 2.75) is 26.2 Å². The summed E-state index contributed by atoms with van der Waals surface area (Å²) in [5.41, 5.74) is 1.41. The fraction of sp³-hybridized carbons (Fsp3) is 0.389. The van der Waals surface area contributed by atoms with Gasteiger partial charge in [0, 0.05) is 37.7 Å². The van der Waals surface area contributed by atoms with Crippen LogP contribution in [0.1, 0.15) is 36.5 Å². The molecule has 2 heterocycles. The fourth-order valence-electron chi connectivity index (χ4n) is 2.90. The van der Waals surface area contributed by atoms with Crippen LogP contribution in [0.15, 0.2) is 42.7 Å². The summed E-state index contributed by atoms with van der Waals surface area (Å²) in [6.45, 7) is 4.57. The third-order valence-corrected chi connectivity index (χ3v) is 4.15. The molecule has 1 fully saturated rings. The highest BCUT2D eigenvalue weighted by atomic mass is 16.2. The number of piperidine rings is 1. The summed E-state index contributed by atoms with van der Waals surface area (Å²) in [5, 5.41) is 0. The van der Waals surface area contributed by atoms with Crippen LogP contribution in [0.5, 0.6) is 0 Å². The number of para-hydroxylation sites is 1. The number of benzene rings is 1. The smallest absolute Gasteiger partial charge is 0.261 e. The third kappa shape index (κ3) is 3.50. The maximum Gasteiger partial charge on any atom is 0.261 e. The summed E-state index contributed by atoms with van der Waals surface area (Å²) in [4.78, 5) is 25.4. The standard InChI is InChI=1S/C18H22N4O/c1-2-22(16-9-5-3-6-10-16)17(23)15-13-19-18(20-14-15)21-11-7-4-8-12-21/h3,5-6,9-10,13-14H,2,4,7-8,11-12H2,1H3. The highest BCUT2D eigenvalue weighted by Gasteiger charge is 2.18. The highest BCUT2D eigenvalue weighted by molar-refractivity contribution is 6.05. The van der Waals surface area contributed by atoms with E-state index in [0.717, 1.165) is 24.7 Å². The highest BCUT2D eigenvalue weighted by Crippen LogP contribution is 2.18. The van der Waals surface area contributed by atoms with Gasteiger partial charge in [-0.1, -0.05) is 18.2 Å². The van der Waals surface area contributed by atoms with Crippen molar-refractivity contribution in [1.82, 2.24) is 9.97 Å². The number of carbonyl (C=O) groups excluding carboxylic acids is 1. The van der Waals surface area contributed by atoms with Gasteiger partial charge in [-0.15, -0.1) is 0 Å². The van der Waals surface area contributed by atoms with Crippen molar-refractivity contribution in [3.63, 3.8) is 0 Å². The summed E-state index contributed by atoms with van der Waals surface area (Å²) < 4.78 is 0. The molecule has 0 aliphatic carbocycles. The molecule has 0 spiro atoms. The molecule has 0 N–H and O–H groups in total. The van der Waals surface area contributed by atoms with E-state index in [0.29, 0.717) is 12.1 Å². The molecule has 5 heteroatoms. The van der Waals surface area contributed by atoms with E-state index in [4.69, 9.17) is 0 Å². The van der Waals surface area contributed by atoms with E-state index in [1.165, 1.54) is 19.3 Å². The molecule has 0 unspecified atom stereocenters. The first-order valence-electron chi connectivity index (χ1n) is 8.23. The molecule has 1 aliphatic heterocycles. The Kier molecular flexibility index (Phi) is 4.86. The Balaban J connectivity index is 1.76. The molecule has 23 heavy (non-hydrogen) atoms. The van der Waals surface area contributed by atoms with Crippen LogP contribution in [-0.2, 0) is 0 Å². The molecule has 1 saturated heterocycles. The molecule has 0 radical (unpaired) electrons. The summed E-state index contributed by atoms with van der Waals surface area (Å²) in [6.07, 6.45) is 6.93. The number of hydrogen-bond acceptors (Lipinski definition) is 4. The predicted molar refractivity (Wildman–Crippen MR) is 91.9 cm³/mol. The zero-order chi connectivity index (χ0) is 16.1. The van der Waals surface area contributed by atoms with E-state index in [1.807, 2.05) is 37.3 Å². The largest absolute Gasteiger partial charge is 0.341 e. The second kappa shape index (κ2) is 7.22. The monoisotopic (exact) mass is 310 g/mol. The van der Waals surface area contributed by atoms with Gasteiger partial charge in [0.15, 0.2) is 0 Å². The molecule has 0 saturated carbocycles. The first-order valence-corrected chi connectivity index (χ1v) is 8.23. The van der Waals surface area contributed by atoms with Gasteiger partial charge in [-0.05, 0) is 38.3 Å². The maximum atomic E-state index is 12.7. The van der Waals surface area contributed by atoms with E-state index in [-0.39, 0.29) is 5.91 Å². The molecule has 0 bridgehead atoms. The van der Waals surface area contributed by atoms with Crippen LogP contribution >= 0.6 is 0 Å². The lowest BCUT2D eigenvalue weighted by Crippen LogP contribution is -2.32. The molecule has 0 atom stereocenters. The van der Waals surface area contributed by atoms with E-state index in [9.17, 15) is 4.79 Å². The summed E-state index contributed by atoms with van der Waals surface area (Å²) in [7, 11) is 0. The second-order valence-electron chi connectivity index (χ2n) is 5.70. The first-order chi connectivity index (χ1) is 11.3. The van der Waals surface area contributed by atoms with Gasteiger partial charge in [-0.2, -0.15) is 0 Å². The fourth-order valence-corrected chi connectivity index (χ4v) is 2.90. The van der Waals surface area contributed by atoms with Crippen LogP contribution in [0.3, 0.4) is 0 Å². The van der Waals surface area contributed by atoms with Gasteiger partial charge in [0.2, 0.25) is 5.95 Å². The molecular weight excluding hydrogens is 288 g/mol. The molecule has 1 aromatic carbocycles. The number of aromatic nitrogens is 2. The van der Waals surface area contributed by atoms with E-state index in [2.05, 4.69) is 14.9 Å². The van der Waals surface area contributed by atoms with Gasteiger partial charge in [0.05, 0.1) is 5.56 Å². The van der Waals surface area contributed by atoms with Crippen LogP contribution in [0.4, 0.5) is 11.6 Å². The number of rotatable bonds is 4. The van der Waals surface area contributed by atoms with Crippen LogP contribution in [0.2, 0.25) is 0 Å². The van der Waals surface area contributed by atoms with Crippen LogP contribution in [0.25, 0.3) is 0 Å². The zero-order valence-corrected chi connectivity index (χ0v) is 13.5. The van der Waals surface area contributed by atoms with Crippen molar-refractivity contribution >= 4 is 17.5 Å². The van der Waals surface area contributed by atoms with Crippen LogP contribution in [-0.4, -0.2) is 35.5 Å². The lowest BCUT2D eigenvalue weighted by Gasteiger charge is -2.26. The Hall–Kier alpha value is -2.43. The Morgan fingerprint density at radius 3 is 2.35 bits per heavy atom. The van der Waals surface area contributed by atoms with Crippen LogP contribution in [0, 0.1) is 0 Å². The Bertz CT molecular complexity index is 636. The Morgan fingerprint density at radius 1 is 1.09 bits per heavy atom. The van der Waals surface area contributed by atoms with Gasteiger partial charge < -0.3 is 9.80 Å². The molecule has 120 valence electrons. The molecule has 2 aromatic rings. The summed E-state index contributed by atoms with van der Waals surface area (Å²) >= 11 is 0. The third-order valence-electron chi connectivity index (χ3n) is 4.15. The van der Waals surface area contributed by atoms with Crippen molar-refractivity contribution in [3.05, 3.63) is 48.3 Å². The van der Waals surface area contributed by atoms with Crippen molar-refractivity contribution in [2.75, 3.05) is 29.4 Å². The summed E-state index contributed by atoms with van der Waals surface area (Å²) in [5.74, 6) is 0.660. The normalized spacial score (nSPS) is 14.6.